The van der Waals surface area contributed by atoms with Gasteiger partial charge in [-0.05, 0) is 47.2 Å². The predicted molar refractivity (Wildman–Crippen MR) is 81.4 cm³/mol. The van der Waals surface area contributed by atoms with Crippen molar-refractivity contribution in [2.75, 3.05) is 0 Å². The van der Waals surface area contributed by atoms with Crippen LogP contribution in [0.1, 0.15) is 17.1 Å². The molecule has 17 heavy (non-hydrogen) atoms. The molecule has 0 atom stereocenters. The summed E-state index contributed by atoms with van der Waals surface area (Å²) >= 11 is 11.6. The highest BCUT2D eigenvalue weighted by atomic mass is 127. The summed E-state index contributed by atoms with van der Waals surface area (Å²) in [6.45, 7) is 1.94. The standard InChI is InChI=1S/C12H9BrClIN2/c1-7-11(15)12(14)17-10(16-7)6-8-2-4-9(13)5-3-8/h2-5H,6H2,1H3. The Hall–Kier alpha value is -0.200. The Morgan fingerprint density at radius 1 is 1.24 bits per heavy atom. The zero-order valence-electron chi connectivity index (χ0n) is 9.04. The second kappa shape index (κ2) is 5.63. The summed E-state index contributed by atoms with van der Waals surface area (Å²) in [4.78, 5) is 8.72. The lowest BCUT2D eigenvalue weighted by molar-refractivity contribution is 0.933. The first-order valence-electron chi connectivity index (χ1n) is 4.99. The van der Waals surface area contributed by atoms with Gasteiger partial charge in [0.15, 0.2) is 0 Å². The van der Waals surface area contributed by atoms with Crippen LogP contribution in [0, 0.1) is 10.5 Å². The lowest BCUT2D eigenvalue weighted by Crippen LogP contribution is -2.01. The summed E-state index contributed by atoms with van der Waals surface area (Å²) in [6.07, 6.45) is 0.699. The van der Waals surface area contributed by atoms with Gasteiger partial charge in [0, 0.05) is 10.9 Å². The predicted octanol–water partition coefficient (Wildman–Crippen LogP) is 4.40. The molecule has 0 N–H and O–H groups in total. The second-order valence-corrected chi connectivity index (χ2v) is 5.99. The maximum absolute atomic E-state index is 6.04. The van der Waals surface area contributed by atoms with Gasteiger partial charge in [0.1, 0.15) is 11.0 Å². The van der Waals surface area contributed by atoms with Gasteiger partial charge in [-0.2, -0.15) is 0 Å². The molecule has 0 bridgehead atoms. The Bertz CT molecular complexity index is 520. The van der Waals surface area contributed by atoms with Gasteiger partial charge in [0.05, 0.1) is 9.26 Å². The zero-order valence-corrected chi connectivity index (χ0v) is 13.5. The molecular weight excluding hydrogens is 414 g/mol. The largest absolute Gasteiger partial charge is 0.237 e. The third-order valence-corrected chi connectivity index (χ3v) is 4.71. The molecule has 1 aromatic heterocycles. The molecule has 5 heteroatoms. The quantitative estimate of drug-likeness (QED) is 0.529. The van der Waals surface area contributed by atoms with E-state index in [0.717, 1.165) is 19.6 Å². The maximum Gasteiger partial charge on any atom is 0.146 e. The molecule has 1 heterocycles. The Morgan fingerprint density at radius 2 is 1.88 bits per heavy atom. The number of nitrogens with zero attached hydrogens (tertiary/aromatic N) is 2. The van der Waals surface area contributed by atoms with Crippen molar-refractivity contribution in [3.8, 4) is 0 Å². The van der Waals surface area contributed by atoms with Crippen LogP contribution >= 0.6 is 50.1 Å². The molecular formula is C12H9BrClIN2. The van der Waals surface area contributed by atoms with Crippen LogP contribution in [-0.4, -0.2) is 9.97 Å². The lowest BCUT2D eigenvalue weighted by atomic mass is 10.1. The summed E-state index contributed by atoms with van der Waals surface area (Å²) < 4.78 is 1.99. The number of hydrogen-bond donors (Lipinski definition) is 0. The zero-order chi connectivity index (χ0) is 12.4. The van der Waals surface area contributed by atoms with Crippen LogP contribution in [-0.2, 0) is 6.42 Å². The van der Waals surface area contributed by atoms with Crippen LogP contribution in [0.15, 0.2) is 28.7 Å². The molecule has 0 unspecified atom stereocenters. The number of rotatable bonds is 2. The van der Waals surface area contributed by atoms with E-state index >= 15 is 0 Å². The summed E-state index contributed by atoms with van der Waals surface area (Å²) in [7, 11) is 0. The van der Waals surface area contributed by atoms with Crippen molar-refractivity contribution < 1.29 is 0 Å². The first-order valence-corrected chi connectivity index (χ1v) is 7.24. The molecule has 0 saturated heterocycles. The Kier molecular flexibility index (Phi) is 4.38. The smallest absolute Gasteiger partial charge is 0.146 e. The minimum absolute atomic E-state index is 0.533. The van der Waals surface area contributed by atoms with E-state index in [4.69, 9.17) is 11.6 Å². The van der Waals surface area contributed by atoms with Crippen molar-refractivity contribution in [2.24, 2.45) is 0 Å². The van der Waals surface area contributed by atoms with Gasteiger partial charge in [-0.1, -0.05) is 39.7 Å². The van der Waals surface area contributed by atoms with Gasteiger partial charge >= 0.3 is 0 Å². The summed E-state index contributed by atoms with van der Waals surface area (Å²) in [5, 5.41) is 0.533. The number of aromatic nitrogens is 2. The minimum atomic E-state index is 0.533. The highest BCUT2D eigenvalue weighted by molar-refractivity contribution is 14.1. The maximum atomic E-state index is 6.04. The van der Waals surface area contributed by atoms with Crippen LogP contribution < -0.4 is 0 Å². The van der Waals surface area contributed by atoms with Crippen molar-refractivity contribution in [3.63, 3.8) is 0 Å². The van der Waals surface area contributed by atoms with Crippen LogP contribution in [0.5, 0.6) is 0 Å². The van der Waals surface area contributed by atoms with Gasteiger partial charge in [-0.15, -0.1) is 0 Å². The van der Waals surface area contributed by atoms with E-state index in [0.29, 0.717) is 11.6 Å². The number of halogens is 3. The SMILES string of the molecule is Cc1nc(Cc2ccc(Br)cc2)nc(Cl)c1I. The molecule has 88 valence electrons. The van der Waals surface area contributed by atoms with E-state index in [1.165, 1.54) is 5.56 Å². The number of hydrogen-bond acceptors (Lipinski definition) is 2. The summed E-state index contributed by atoms with van der Waals surface area (Å²) in [5.74, 6) is 0.759. The highest BCUT2D eigenvalue weighted by Gasteiger charge is 2.07. The lowest BCUT2D eigenvalue weighted by Gasteiger charge is -2.05. The number of aryl methyl sites for hydroxylation is 1. The van der Waals surface area contributed by atoms with E-state index < -0.39 is 0 Å². The van der Waals surface area contributed by atoms with Crippen molar-refractivity contribution in [1.82, 2.24) is 9.97 Å². The molecule has 0 aliphatic rings. The Labute approximate surface area is 127 Å². The second-order valence-electron chi connectivity index (χ2n) is 3.63. The van der Waals surface area contributed by atoms with E-state index in [9.17, 15) is 0 Å². The van der Waals surface area contributed by atoms with E-state index in [2.05, 4.69) is 60.6 Å². The molecule has 0 radical (unpaired) electrons. The molecule has 2 rings (SSSR count). The first kappa shape index (κ1) is 13.2. The summed E-state index contributed by atoms with van der Waals surface area (Å²) in [5.41, 5.74) is 2.10. The van der Waals surface area contributed by atoms with Crippen molar-refractivity contribution in [1.29, 1.82) is 0 Å². The molecule has 0 saturated carbocycles. The molecule has 2 nitrogen and oxygen atoms in total. The third kappa shape index (κ3) is 3.39. The Morgan fingerprint density at radius 3 is 2.47 bits per heavy atom. The van der Waals surface area contributed by atoms with Crippen molar-refractivity contribution in [2.45, 2.75) is 13.3 Å². The van der Waals surface area contributed by atoms with Crippen LogP contribution in [0.3, 0.4) is 0 Å². The van der Waals surface area contributed by atoms with Gasteiger partial charge < -0.3 is 0 Å². The van der Waals surface area contributed by atoms with Crippen LogP contribution in [0.25, 0.3) is 0 Å². The fraction of sp³-hybridized carbons (Fsp3) is 0.167. The molecule has 0 aliphatic heterocycles. The molecule has 0 fully saturated rings. The highest BCUT2D eigenvalue weighted by Crippen LogP contribution is 2.20. The van der Waals surface area contributed by atoms with E-state index in [1.807, 2.05) is 19.1 Å². The fourth-order valence-corrected chi connectivity index (χ4v) is 2.18. The van der Waals surface area contributed by atoms with Crippen LogP contribution in [0.4, 0.5) is 0 Å². The van der Waals surface area contributed by atoms with Gasteiger partial charge in [-0.3, -0.25) is 0 Å². The van der Waals surface area contributed by atoms with Gasteiger partial charge in [0.25, 0.3) is 0 Å². The first-order chi connectivity index (χ1) is 8.06. The van der Waals surface area contributed by atoms with E-state index in [1.54, 1.807) is 0 Å². The monoisotopic (exact) mass is 422 g/mol. The minimum Gasteiger partial charge on any atom is -0.237 e. The van der Waals surface area contributed by atoms with Crippen molar-refractivity contribution >= 4 is 50.1 Å². The van der Waals surface area contributed by atoms with Crippen LogP contribution in [0.2, 0.25) is 5.15 Å². The average molecular weight is 423 g/mol. The number of benzene rings is 1. The topological polar surface area (TPSA) is 25.8 Å². The Balaban J connectivity index is 2.27. The van der Waals surface area contributed by atoms with Gasteiger partial charge in [0.2, 0.25) is 0 Å². The molecule has 0 amide bonds. The third-order valence-electron chi connectivity index (χ3n) is 2.30. The van der Waals surface area contributed by atoms with Crippen molar-refractivity contribution in [3.05, 3.63) is 54.5 Å². The fourth-order valence-electron chi connectivity index (χ4n) is 1.44. The molecule has 2 aromatic rings. The van der Waals surface area contributed by atoms with E-state index in [-0.39, 0.29) is 0 Å². The normalized spacial score (nSPS) is 10.6. The molecule has 0 spiro atoms. The van der Waals surface area contributed by atoms with Gasteiger partial charge in [-0.25, -0.2) is 9.97 Å². The summed E-state index contributed by atoms with van der Waals surface area (Å²) in [6, 6.07) is 8.12. The molecule has 0 aliphatic carbocycles. The molecule has 1 aromatic carbocycles. The average Bonchev–Trinajstić information content (AvgIpc) is 2.29.